The van der Waals surface area contributed by atoms with Gasteiger partial charge in [-0.05, 0) is 33.1 Å². The number of methoxy groups -OCH3 is 1. The molecule has 1 fully saturated rings. The molecule has 0 bridgehead atoms. The van der Waals surface area contributed by atoms with Crippen molar-refractivity contribution in [2.24, 2.45) is 0 Å². The van der Waals surface area contributed by atoms with Crippen LogP contribution < -0.4 is 5.48 Å². The highest BCUT2D eigenvalue weighted by Gasteiger charge is 2.17. The summed E-state index contributed by atoms with van der Waals surface area (Å²) in [7, 11) is 1.75. The van der Waals surface area contributed by atoms with E-state index in [2.05, 4.69) is 19.3 Å². The molecule has 1 aliphatic rings. The minimum absolute atomic E-state index is 0.0496. The van der Waals surface area contributed by atoms with Gasteiger partial charge >= 0.3 is 0 Å². The lowest BCUT2D eigenvalue weighted by atomic mass is 10.1. The van der Waals surface area contributed by atoms with Gasteiger partial charge in [-0.15, -0.1) is 0 Å². The van der Waals surface area contributed by atoms with Crippen LogP contribution in [0.2, 0.25) is 0 Å². The van der Waals surface area contributed by atoms with Gasteiger partial charge in [0, 0.05) is 13.7 Å². The van der Waals surface area contributed by atoms with Gasteiger partial charge in [-0.25, -0.2) is 5.48 Å². The van der Waals surface area contributed by atoms with E-state index < -0.39 is 0 Å². The van der Waals surface area contributed by atoms with E-state index in [1.54, 1.807) is 7.11 Å². The summed E-state index contributed by atoms with van der Waals surface area (Å²) >= 11 is 0. The monoisotopic (exact) mass is 201 g/mol. The maximum atomic E-state index is 5.54. The third-order valence-electron chi connectivity index (χ3n) is 2.93. The van der Waals surface area contributed by atoms with Gasteiger partial charge in [0.05, 0.1) is 11.7 Å². The molecular weight excluding hydrogens is 178 g/mol. The van der Waals surface area contributed by atoms with Gasteiger partial charge < -0.3 is 4.74 Å². The Balaban J connectivity index is 1.98. The maximum Gasteiger partial charge on any atom is 0.0790 e. The molecule has 0 atom stereocenters. The smallest absolute Gasteiger partial charge is 0.0790 e. The Morgan fingerprint density at radius 2 is 1.93 bits per heavy atom. The number of hydroxylamine groups is 1. The minimum atomic E-state index is -0.0496. The van der Waals surface area contributed by atoms with Gasteiger partial charge in [0.1, 0.15) is 0 Å². The predicted molar refractivity (Wildman–Crippen MR) is 57.0 cm³/mol. The second-order valence-corrected chi connectivity index (χ2v) is 4.63. The molecule has 0 spiro atoms. The lowest BCUT2D eigenvalue weighted by molar-refractivity contribution is -0.0399. The summed E-state index contributed by atoms with van der Waals surface area (Å²) in [5.41, 5.74) is 2.99. The van der Waals surface area contributed by atoms with Gasteiger partial charge in [0.25, 0.3) is 0 Å². The van der Waals surface area contributed by atoms with E-state index in [-0.39, 0.29) is 5.60 Å². The van der Waals surface area contributed by atoms with Crippen LogP contribution in [0, 0.1) is 0 Å². The molecule has 3 nitrogen and oxygen atoms in total. The van der Waals surface area contributed by atoms with Crippen molar-refractivity contribution in [2.75, 3.05) is 13.7 Å². The van der Waals surface area contributed by atoms with Crippen LogP contribution in [0.4, 0.5) is 0 Å². The van der Waals surface area contributed by atoms with E-state index in [0.717, 1.165) is 13.0 Å². The third-order valence-corrected chi connectivity index (χ3v) is 2.93. The topological polar surface area (TPSA) is 30.5 Å². The molecular formula is C11H23NO2. The second kappa shape index (κ2) is 5.69. The lowest BCUT2D eigenvalue weighted by Crippen LogP contribution is -2.30. The second-order valence-electron chi connectivity index (χ2n) is 4.63. The highest BCUT2D eigenvalue weighted by atomic mass is 16.7. The number of ether oxygens (including phenoxy) is 1. The van der Waals surface area contributed by atoms with E-state index in [0.29, 0.717) is 6.10 Å². The van der Waals surface area contributed by atoms with Crippen molar-refractivity contribution in [3.63, 3.8) is 0 Å². The predicted octanol–water partition coefficient (Wildman–Crippen LogP) is 2.27. The Morgan fingerprint density at radius 3 is 2.50 bits per heavy atom. The SMILES string of the molecule is COC(C)(C)CCNOC1CCCC1. The van der Waals surface area contributed by atoms with E-state index in [9.17, 15) is 0 Å². The average Bonchev–Trinajstić information content (AvgIpc) is 2.65. The van der Waals surface area contributed by atoms with Gasteiger partial charge in [-0.2, -0.15) is 0 Å². The van der Waals surface area contributed by atoms with Crippen molar-refractivity contribution >= 4 is 0 Å². The number of hydrogen-bond acceptors (Lipinski definition) is 3. The Kier molecular flexibility index (Phi) is 4.85. The minimum Gasteiger partial charge on any atom is -0.379 e. The first-order valence-corrected chi connectivity index (χ1v) is 5.58. The van der Waals surface area contributed by atoms with Gasteiger partial charge in [-0.1, -0.05) is 12.8 Å². The summed E-state index contributed by atoms with van der Waals surface area (Å²) in [6.45, 7) is 5.03. The van der Waals surface area contributed by atoms with Crippen molar-refractivity contribution < 1.29 is 9.57 Å². The number of nitrogens with one attached hydrogen (secondary N) is 1. The van der Waals surface area contributed by atoms with E-state index in [1.807, 2.05) is 0 Å². The molecule has 0 aliphatic heterocycles. The van der Waals surface area contributed by atoms with Gasteiger partial charge in [0.2, 0.25) is 0 Å². The molecule has 1 rings (SSSR count). The quantitative estimate of drug-likeness (QED) is 0.528. The molecule has 0 aromatic carbocycles. The zero-order chi connectivity index (χ0) is 10.4. The van der Waals surface area contributed by atoms with Crippen molar-refractivity contribution in [1.82, 2.24) is 5.48 Å². The molecule has 3 heteroatoms. The zero-order valence-corrected chi connectivity index (χ0v) is 9.64. The first kappa shape index (κ1) is 12.0. The highest BCUT2D eigenvalue weighted by molar-refractivity contribution is 4.69. The van der Waals surface area contributed by atoms with Crippen LogP contribution in [-0.4, -0.2) is 25.4 Å². The van der Waals surface area contributed by atoms with E-state index in [1.165, 1.54) is 25.7 Å². The van der Waals surface area contributed by atoms with Crippen LogP contribution in [0.3, 0.4) is 0 Å². The van der Waals surface area contributed by atoms with Crippen LogP contribution >= 0.6 is 0 Å². The van der Waals surface area contributed by atoms with Crippen LogP contribution in [0.15, 0.2) is 0 Å². The van der Waals surface area contributed by atoms with E-state index >= 15 is 0 Å². The summed E-state index contributed by atoms with van der Waals surface area (Å²) in [5, 5.41) is 0. The van der Waals surface area contributed by atoms with Gasteiger partial charge in [0.15, 0.2) is 0 Å². The molecule has 0 amide bonds. The molecule has 0 heterocycles. The Bertz CT molecular complexity index is 153. The Labute approximate surface area is 87.1 Å². The third kappa shape index (κ3) is 4.40. The average molecular weight is 201 g/mol. The van der Waals surface area contributed by atoms with Crippen LogP contribution in [0.5, 0.6) is 0 Å². The van der Waals surface area contributed by atoms with Crippen molar-refractivity contribution in [3.8, 4) is 0 Å². The molecule has 0 saturated heterocycles. The fraction of sp³-hybridized carbons (Fsp3) is 1.00. The first-order chi connectivity index (χ1) is 6.64. The molecule has 1 saturated carbocycles. The molecule has 14 heavy (non-hydrogen) atoms. The van der Waals surface area contributed by atoms with E-state index in [4.69, 9.17) is 9.57 Å². The summed E-state index contributed by atoms with van der Waals surface area (Å²) in [5.74, 6) is 0. The fourth-order valence-electron chi connectivity index (χ4n) is 1.64. The number of hydrogen-bond donors (Lipinski definition) is 1. The lowest BCUT2D eigenvalue weighted by Gasteiger charge is -2.23. The summed E-state index contributed by atoms with van der Waals surface area (Å²) in [6, 6.07) is 0. The first-order valence-electron chi connectivity index (χ1n) is 5.58. The normalized spacial score (nSPS) is 19.1. The van der Waals surface area contributed by atoms with Crippen LogP contribution in [0.25, 0.3) is 0 Å². The Hall–Kier alpha value is -0.120. The largest absolute Gasteiger partial charge is 0.379 e. The molecule has 0 aromatic rings. The van der Waals surface area contributed by atoms with Gasteiger partial charge in [-0.3, -0.25) is 4.84 Å². The van der Waals surface area contributed by atoms with Crippen LogP contribution in [-0.2, 0) is 9.57 Å². The Morgan fingerprint density at radius 1 is 1.29 bits per heavy atom. The maximum absolute atomic E-state index is 5.54. The van der Waals surface area contributed by atoms with Crippen molar-refractivity contribution in [2.45, 2.75) is 57.7 Å². The van der Waals surface area contributed by atoms with Crippen molar-refractivity contribution in [1.29, 1.82) is 0 Å². The zero-order valence-electron chi connectivity index (χ0n) is 9.64. The standard InChI is InChI=1S/C11H23NO2/c1-11(2,13-3)8-9-12-14-10-6-4-5-7-10/h10,12H,4-9H2,1-3H3. The molecule has 84 valence electrons. The highest BCUT2D eigenvalue weighted by Crippen LogP contribution is 2.20. The molecule has 0 aromatic heterocycles. The molecule has 1 aliphatic carbocycles. The summed E-state index contributed by atoms with van der Waals surface area (Å²) < 4.78 is 5.31. The summed E-state index contributed by atoms with van der Waals surface area (Å²) in [6.07, 6.45) is 6.46. The fourth-order valence-corrected chi connectivity index (χ4v) is 1.64. The summed E-state index contributed by atoms with van der Waals surface area (Å²) in [4.78, 5) is 5.54. The van der Waals surface area contributed by atoms with Crippen LogP contribution in [0.1, 0.15) is 46.0 Å². The molecule has 0 unspecified atom stereocenters. The molecule has 0 radical (unpaired) electrons. The number of rotatable bonds is 6. The molecule has 1 N–H and O–H groups in total. The van der Waals surface area contributed by atoms with Crippen molar-refractivity contribution in [3.05, 3.63) is 0 Å².